The first-order valence-electron chi connectivity index (χ1n) is 12.6. The average Bonchev–Trinajstić information content (AvgIpc) is 2.89. The van der Waals surface area contributed by atoms with Gasteiger partial charge in [-0.2, -0.15) is 0 Å². The van der Waals surface area contributed by atoms with E-state index in [4.69, 9.17) is 4.74 Å². The van der Waals surface area contributed by atoms with Crippen LogP contribution >= 0.6 is 0 Å². The number of sulfonamides is 1. The topological polar surface area (TPSA) is 105 Å². The number of likely N-dealkylation sites (tertiary alicyclic amines) is 1. The number of fused-ring (bicyclic) bond motifs is 1. The molecule has 3 aromatic carbocycles. The summed E-state index contributed by atoms with van der Waals surface area (Å²) in [5, 5.41) is 4.10. The van der Waals surface area contributed by atoms with E-state index in [1.165, 1.54) is 6.07 Å². The van der Waals surface area contributed by atoms with Crippen LogP contribution in [0.5, 0.6) is 0 Å². The Labute approximate surface area is 218 Å². The van der Waals surface area contributed by atoms with Gasteiger partial charge in [0.25, 0.3) is 5.91 Å². The number of anilines is 1. The summed E-state index contributed by atoms with van der Waals surface area (Å²) in [5.41, 5.74) is 1.95. The molecule has 0 spiro atoms. The Morgan fingerprint density at radius 3 is 2.41 bits per heavy atom. The van der Waals surface area contributed by atoms with Crippen LogP contribution in [-0.4, -0.2) is 51.1 Å². The summed E-state index contributed by atoms with van der Waals surface area (Å²) in [4.78, 5) is 26.9. The van der Waals surface area contributed by atoms with Crippen LogP contribution < -0.4 is 10.0 Å². The Morgan fingerprint density at radius 2 is 1.70 bits per heavy atom. The maximum atomic E-state index is 13.6. The third-order valence-electron chi connectivity index (χ3n) is 6.90. The summed E-state index contributed by atoms with van der Waals surface area (Å²) in [6.45, 7) is 6.79. The molecule has 2 atom stereocenters. The lowest BCUT2D eigenvalue weighted by atomic mass is 9.91. The molecule has 0 saturated carbocycles. The Hall–Kier alpha value is -3.43. The molecule has 37 heavy (non-hydrogen) atoms. The molecule has 1 heterocycles. The van der Waals surface area contributed by atoms with Crippen molar-refractivity contribution in [3.8, 4) is 0 Å². The zero-order chi connectivity index (χ0) is 26.6. The number of amides is 2. The van der Waals surface area contributed by atoms with E-state index >= 15 is 0 Å². The second-order valence-electron chi connectivity index (χ2n) is 9.26. The zero-order valence-corrected chi connectivity index (χ0v) is 22.2. The van der Waals surface area contributed by atoms with Crippen LogP contribution in [-0.2, 0) is 14.8 Å². The van der Waals surface area contributed by atoms with Gasteiger partial charge in [-0.3, -0.25) is 4.79 Å². The van der Waals surface area contributed by atoms with Crippen molar-refractivity contribution in [1.82, 2.24) is 9.62 Å². The van der Waals surface area contributed by atoms with Gasteiger partial charge in [-0.1, -0.05) is 55.8 Å². The SMILES string of the molecule is CCOC(=O)N1CC[C@@H](NS(=O)(=O)c2ccc(NC(=O)c3ccccc3C)c3ccccc23)[C@H](CC)C1. The molecule has 1 aliphatic rings. The number of ether oxygens (including phenoxy) is 1. The van der Waals surface area contributed by atoms with Gasteiger partial charge in [-0.15, -0.1) is 0 Å². The summed E-state index contributed by atoms with van der Waals surface area (Å²) < 4.78 is 35.2. The Morgan fingerprint density at radius 1 is 1.00 bits per heavy atom. The largest absolute Gasteiger partial charge is 0.450 e. The number of rotatable bonds is 7. The third-order valence-corrected chi connectivity index (χ3v) is 8.45. The smallest absolute Gasteiger partial charge is 0.409 e. The average molecular weight is 524 g/mol. The highest BCUT2D eigenvalue weighted by Gasteiger charge is 2.34. The molecule has 2 N–H and O–H groups in total. The van der Waals surface area contributed by atoms with Crippen LogP contribution in [0.3, 0.4) is 0 Å². The van der Waals surface area contributed by atoms with Crippen molar-refractivity contribution in [2.24, 2.45) is 5.92 Å². The van der Waals surface area contributed by atoms with E-state index in [-0.39, 0.29) is 28.9 Å². The lowest BCUT2D eigenvalue weighted by molar-refractivity contribution is 0.0811. The zero-order valence-electron chi connectivity index (χ0n) is 21.4. The summed E-state index contributed by atoms with van der Waals surface area (Å²) in [6.07, 6.45) is 0.851. The molecule has 0 aromatic heterocycles. The van der Waals surface area contributed by atoms with Crippen molar-refractivity contribution in [3.05, 3.63) is 71.8 Å². The number of hydrogen-bond donors (Lipinski definition) is 2. The number of hydrogen-bond acceptors (Lipinski definition) is 5. The van der Waals surface area contributed by atoms with E-state index < -0.39 is 10.0 Å². The second-order valence-corrected chi connectivity index (χ2v) is 10.9. The number of carbonyl (C=O) groups is 2. The van der Waals surface area contributed by atoms with Crippen molar-refractivity contribution in [3.63, 3.8) is 0 Å². The number of nitrogens with zero attached hydrogens (tertiary/aromatic N) is 1. The molecule has 3 aromatic rings. The molecule has 0 aliphatic carbocycles. The fraction of sp³-hybridized carbons (Fsp3) is 0.357. The molecule has 1 saturated heterocycles. The molecule has 2 amide bonds. The Balaban J connectivity index is 1.59. The lowest BCUT2D eigenvalue weighted by Gasteiger charge is -2.37. The highest BCUT2D eigenvalue weighted by Crippen LogP contribution is 2.31. The third kappa shape index (κ3) is 5.78. The minimum Gasteiger partial charge on any atom is -0.450 e. The summed E-state index contributed by atoms with van der Waals surface area (Å²) in [6, 6.07) is 17.3. The molecular weight excluding hydrogens is 490 g/mol. The van der Waals surface area contributed by atoms with E-state index in [1.54, 1.807) is 42.2 Å². The van der Waals surface area contributed by atoms with Gasteiger partial charge in [0.1, 0.15) is 0 Å². The van der Waals surface area contributed by atoms with Crippen LogP contribution in [0.25, 0.3) is 10.8 Å². The van der Waals surface area contributed by atoms with Crippen LogP contribution in [0.15, 0.2) is 65.6 Å². The number of piperidine rings is 1. The van der Waals surface area contributed by atoms with Crippen LogP contribution in [0.2, 0.25) is 0 Å². The molecule has 196 valence electrons. The summed E-state index contributed by atoms with van der Waals surface area (Å²) in [7, 11) is -3.88. The quantitative estimate of drug-likeness (QED) is 0.457. The molecule has 0 unspecified atom stereocenters. The second kappa shape index (κ2) is 11.3. The van der Waals surface area contributed by atoms with Crippen molar-refractivity contribution < 1.29 is 22.7 Å². The van der Waals surface area contributed by atoms with Crippen molar-refractivity contribution >= 4 is 38.5 Å². The van der Waals surface area contributed by atoms with Crippen LogP contribution in [0.4, 0.5) is 10.5 Å². The van der Waals surface area contributed by atoms with Gasteiger partial charge >= 0.3 is 6.09 Å². The van der Waals surface area contributed by atoms with Crippen molar-refractivity contribution in [1.29, 1.82) is 0 Å². The van der Waals surface area contributed by atoms with Crippen molar-refractivity contribution in [2.75, 3.05) is 25.0 Å². The van der Waals surface area contributed by atoms with Gasteiger partial charge in [-0.05, 0) is 49.9 Å². The molecule has 0 radical (unpaired) electrons. The number of benzene rings is 3. The number of carbonyl (C=O) groups excluding carboxylic acids is 2. The van der Waals surface area contributed by atoms with Gasteiger partial charge in [0, 0.05) is 41.2 Å². The maximum Gasteiger partial charge on any atom is 0.409 e. The molecule has 9 heteroatoms. The number of aryl methyl sites for hydroxylation is 1. The van der Waals surface area contributed by atoms with Gasteiger partial charge in [0.05, 0.1) is 11.5 Å². The van der Waals surface area contributed by atoms with Gasteiger partial charge < -0.3 is 15.0 Å². The first-order valence-corrected chi connectivity index (χ1v) is 14.1. The van der Waals surface area contributed by atoms with Gasteiger partial charge in [0.2, 0.25) is 10.0 Å². The monoisotopic (exact) mass is 523 g/mol. The first kappa shape index (κ1) is 26.6. The molecule has 0 bridgehead atoms. The Bertz CT molecular complexity index is 1410. The van der Waals surface area contributed by atoms with E-state index in [9.17, 15) is 18.0 Å². The minimum atomic E-state index is -3.88. The molecule has 4 rings (SSSR count). The van der Waals surface area contributed by atoms with E-state index in [0.29, 0.717) is 54.6 Å². The highest BCUT2D eigenvalue weighted by molar-refractivity contribution is 7.89. The van der Waals surface area contributed by atoms with Gasteiger partial charge in [-0.25, -0.2) is 17.9 Å². The van der Waals surface area contributed by atoms with Gasteiger partial charge in [0.15, 0.2) is 0 Å². The fourth-order valence-electron chi connectivity index (χ4n) is 4.88. The number of nitrogens with one attached hydrogen (secondary N) is 2. The predicted molar refractivity (Wildman–Crippen MR) is 144 cm³/mol. The van der Waals surface area contributed by atoms with E-state index in [0.717, 1.165) is 5.56 Å². The highest BCUT2D eigenvalue weighted by atomic mass is 32.2. The Kier molecular flexibility index (Phi) is 8.14. The maximum absolute atomic E-state index is 13.6. The molecule has 8 nitrogen and oxygen atoms in total. The predicted octanol–water partition coefficient (Wildman–Crippen LogP) is 4.94. The molecule has 1 aliphatic heterocycles. The first-order chi connectivity index (χ1) is 17.7. The van der Waals surface area contributed by atoms with E-state index in [2.05, 4.69) is 10.0 Å². The standard InChI is InChI=1S/C28H33N3O5S/c1-4-20-18-31(28(33)36-5-2)17-16-24(20)30-37(34,35)26-15-14-25(22-12-8-9-13-23(22)26)29-27(32)21-11-7-6-10-19(21)3/h6-15,20,24,30H,4-5,16-18H2,1-3H3,(H,29,32)/t20-,24-/m1/s1. The van der Waals surface area contributed by atoms with E-state index in [1.807, 2.05) is 38.1 Å². The molecule has 1 fully saturated rings. The summed E-state index contributed by atoms with van der Waals surface area (Å²) >= 11 is 0. The lowest BCUT2D eigenvalue weighted by Crippen LogP contribution is -2.52. The normalized spacial score (nSPS) is 18.0. The molecular formula is C28H33N3O5S. The summed E-state index contributed by atoms with van der Waals surface area (Å²) in [5.74, 6) is -0.289. The van der Waals surface area contributed by atoms with Crippen molar-refractivity contribution in [2.45, 2.75) is 44.6 Å². The minimum absolute atomic E-state index is 0.0353. The van der Waals surface area contributed by atoms with Crippen LogP contribution in [0, 0.1) is 12.8 Å². The fourth-order valence-corrected chi connectivity index (χ4v) is 6.43. The van der Waals surface area contributed by atoms with Crippen LogP contribution in [0.1, 0.15) is 42.6 Å².